The second-order valence-corrected chi connectivity index (χ2v) is 9.81. The number of nitrogens with zero attached hydrogens (tertiary/aromatic N) is 4. The number of nitrogens with one attached hydrogen (secondary N) is 2. The summed E-state index contributed by atoms with van der Waals surface area (Å²) in [6, 6.07) is 3.65. The third-order valence-corrected chi connectivity index (χ3v) is 6.93. The van der Waals surface area contributed by atoms with Crippen molar-refractivity contribution in [1.82, 2.24) is 19.5 Å². The van der Waals surface area contributed by atoms with Crippen molar-refractivity contribution in [2.45, 2.75) is 63.6 Å². The van der Waals surface area contributed by atoms with Crippen molar-refractivity contribution in [3.63, 3.8) is 0 Å². The van der Waals surface area contributed by atoms with E-state index in [0.717, 1.165) is 38.2 Å². The van der Waals surface area contributed by atoms with Crippen LogP contribution in [0, 0.1) is 17.6 Å². The maximum absolute atomic E-state index is 14.4. The average Bonchev–Trinajstić information content (AvgIpc) is 3.40. The topological polar surface area (TPSA) is 97.1 Å². The molecule has 5 rings (SSSR count). The first-order valence-corrected chi connectivity index (χ1v) is 11.8. The van der Waals surface area contributed by atoms with E-state index in [4.69, 9.17) is 9.72 Å². The minimum atomic E-state index is -0.709. The fourth-order valence-corrected chi connectivity index (χ4v) is 4.99. The molecule has 2 aromatic heterocycles. The number of aliphatic hydroxyl groups is 1. The molecule has 2 atom stereocenters. The molecule has 1 saturated carbocycles. The second-order valence-electron chi connectivity index (χ2n) is 9.81. The molecule has 0 radical (unpaired) electrons. The molecule has 1 saturated heterocycles. The Kier molecular flexibility index (Phi) is 6.11. The zero-order valence-corrected chi connectivity index (χ0v) is 19.4. The lowest BCUT2D eigenvalue weighted by Gasteiger charge is -2.26. The molecule has 10 heteroatoms. The predicted octanol–water partition coefficient (Wildman–Crippen LogP) is 4.55. The Hall–Kier alpha value is -2.85. The van der Waals surface area contributed by atoms with Gasteiger partial charge in [0.05, 0.1) is 17.5 Å². The number of fused-ring (bicyclic) bond motifs is 1. The highest BCUT2D eigenvalue weighted by Gasteiger charge is 2.35. The third kappa shape index (κ3) is 4.69. The third-order valence-electron chi connectivity index (χ3n) is 6.93. The molecule has 1 aliphatic carbocycles. The van der Waals surface area contributed by atoms with E-state index in [0.29, 0.717) is 36.3 Å². The summed E-state index contributed by atoms with van der Waals surface area (Å²) in [5, 5.41) is 16.8. The lowest BCUT2D eigenvalue weighted by molar-refractivity contribution is 0.0197. The van der Waals surface area contributed by atoms with Crippen molar-refractivity contribution in [2.75, 3.05) is 23.8 Å². The molecule has 1 aliphatic heterocycles. The van der Waals surface area contributed by atoms with Gasteiger partial charge in [-0.15, -0.1) is 0 Å². The van der Waals surface area contributed by atoms with Crippen LogP contribution < -0.4 is 10.6 Å². The van der Waals surface area contributed by atoms with Crippen LogP contribution in [0.15, 0.2) is 24.4 Å². The number of aromatic nitrogens is 4. The van der Waals surface area contributed by atoms with Crippen molar-refractivity contribution >= 4 is 28.7 Å². The summed E-state index contributed by atoms with van der Waals surface area (Å²) >= 11 is 0. The number of hydrogen-bond acceptors (Lipinski definition) is 7. The summed E-state index contributed by atoms with van der Waals surface area (Å²) in [7, 11) is 0. The van der Waals surface area contributed by atoms with E-state index < -0.39 is 17.2 Å². The monoisotopic (exact) mass is 472 g/mol. The van der Waals surface area contributed by atoms with Gasteiger partial charge in [0.2, 0.25) is 11.9 Å². The summed E-state index contributed by atoms with van der Waals surface area (Å²) in [6.07, 6.45) is 5.94. The van der Waals surface area contributed by atoms with Gasteiger partial charge in [0.15, 0.2) is 5.65 Å². The fraction of sp³-hybridized carbons (Fsp3) is 0.542. The molecule has 0 spiro atoms. The normalized spacial score (nSPS) is 21.8. The Morgan fingerprint density at radius 2 is 1.91 bits per heavy atom. The molecular formula is C24H30F2N6O2. The Balaban J connectivity index is 1.46. The van der Waals surface area contributed by atoms with Gasteiger partial charge in [-0.25, -0.2) is 18.7 Å². The summed E-state index contributed by atoms with van der Waals surface area (Å²) in [5.41, 5.74) is 0.660. The van der Waals surface area contributed by atoms with Crippen molar-refractivity contribution in [2.24, 2.45) is 5.92 Å². The van der Waals surface area contributed by atoms with E-state index in [1.54, 1.807) is 6.20 Å². The van der Waals surface area contributed by atoms with E-state index in [1.165, 1.54) is 12.1 Å². The molecule has 182 valence electrons. The number of anilines is 3. The molecule has 3 N–H and O–H groups in total. The van der Waals surface area contributed by atoms with Gasteiger partial charge in [-0.3, -0.25) is 4.57 Å². The predicted molar refractivity (Wildman–Crippen MR) is 125 cm³/mol. The van der Waals surface area contributed by atoms with E-state index in [1.807, 2.05) is 18.4 Å². The van der Waals surface area contributed by atoms with Crippen molar-refractivity contribution in [3.05, 3.63) is 36.0 Å². The minimum Gasteiger partial charge on any atom is -0.390 e. The lowest BCUT2D eigenvalue weighted by Crippen LogP contribution is -2.30. The molecule has 34 heavy (non-hydrogen) atoms. The van der Waals surface area contributed by atoms with Crippen LogP contribution in [0.3, 0.4) is 0 Å². The number of rotatable bonds is 6. The first-order valence-electron chi connectivity index (χ1n) is 11.8. The highest BCUT2D eigenvalue weighted by Crippen LogP contribution is 2.36. The quantitative estimate of drug-likeness (QED) is 0.484. The van der Waals surface area contributed by atoms with Gasteiger partial charge in [0.25, 0.3) is 0 Å². The van der Waals surface area contributed by atoms with Gasteiger partial charge in [-0.05, 0) is 64.0 Å². The maximum Gasteiger partial charge on any atom is 0.224 e. The van der Waals surface area contributed by atoms with Gasteiger partial charge in [0, 0.05) is 31.4 Å². The maximum atomic E-state index is 14.4. The van der Waals surface area contributed by atoms with Crippen LogP contribution in [0.5, 0.6) is 0 Å². The zero-order chi connectivity index (χ0) is 23.9. The van der Waals surface area contributed by atoms with E-state index in [-0.39, 0.29) is 23.7 Å². The van der Waals surface area contributed by atoms with Gasteiger partial charge >= 0.3 is 0 Å². The summed E-state index contributed by atoms with van der Waals surface area (Å²) in [4.78, 5) is 13.9. The smallest absolute Gasteiger partial charge is 0.224 e. The van der Waals surface area contributed by atoms with Crippen LogP contribution in [-0.4, -0.2) is 49.5 Å². The number of halogens is 2. The van der Waals surface area contributed by atoms with Crippen LogP contribution in [0.1, 0.15) is 52.0 Å². The van der Waals surface area contributed by atoms with Gasteiger partial charge in [0.1, 0.15) is 17.2 Å². The van der Waals surface area contributed by atoms with Gasteiger partial charge in [-0.1, -0.05) is 0 Å². The Morgan fingerprint density at radius 3 is 2.62 bits per heavy atom. The van der Waals surface area contributed by atoms with Gasteiger partial charge in [-0.2, -0.15) is 4.98 Å². The Bertz CT molecular complexity index is 1170. The standard InChI is InChI=1S/C24H30F2N6O2/c1-24(2,33)14-3-5-16(11-14)28-22-27-13-20-21(31-22)32(17-7-9-34-10-8-17)23(30-20)29-19-6-4-15(25)12-18(19)26/h4,6,12-14,16-17,33H,3,5,7-11H2,1-2H3,(H,29,30)(H,27,28,31)/t14-,16+/m0/s1. The van der Waals surface area contributed by atoms with Crippen molar-refractivity contribution < 1.29 is 18.6 Å². The molecule has 1 aromatic carbocycles. The van der Waals surface area contributed by atoms with Crippen LogP contribution >= 0.6 is 0 Å². The van der Waals surface area contributed by atoms with E-state index >= 15 is 0 Å². The Morgan fingerprint density at radius 1 is 1.12 bits per heavy atom. The van der Waals surface area contributed by atoms with Crippen LogP contribution in [0.25, 0.3) is 11.2 Å². The first-order chi connectivity index (χ1) is 16.3. The molecule has 2 fully saturated rings. The molecule has 0 bridgehead atoms. The number of benzene rings is 1. The lowest BCUT2D eigenvalue weighted by atomic mass is 9.90. The SMILES string of the molecule is CC(C)(O)[C@H]1CC[C@@H](Nc2ncc3nc(Nc4ccc(F)cc4F)n(C4CCOCC4)c3n2)C1. The fourth-order valence-electron chi connectivity index (χ4n) is 4.99. The highest BCUT2D eigenvalue weighted by atomic mass is 19.1. The zero-order valence-electron chi connectivity index (χ0n) is 19.4. The van der Waals surface area contributed by atoms with Crippen molar-refractivity contribution in [3.8, 4) is 0 Å². The number of hydrogen-bond donors (Lipinski definition) is 3. The van der Waals surface area contributed by atoms with Gasteiger partial charge < -0.3 is 20.5 Å². The molecular weight excluding hydrogens is 442 g/mol. The number of ether oxygens (including phenoxy) is 1. The molecule has 8 nitrogen and oxygen atoms in total. The molecule has 0 amide bonds. The summed E-state index contributed by atoms with van der Waals surface area (Å²) in [6.45, 7) is 4.94. The average molecular weight is 473 g/mol. The Labute approximate surface area is 196 Å². The first kappa shape index (κ1) is 22.9. The highest BCUT2D eigenvalue weighted by molar-refractivity contribution is 5.76. The molecule has 2 aliphatic rings. The second kappa shape index (κ2) is 9.07. The van der Waals surface area contributed by atoms with E-state index in [9.17, 15) is 13.9 Å². The molecule has 0 unspecified atom stereocenters. The molecule has 3 heterocycles. The van der Waals surface area contributed by atoms with Crippen LogP contribution in [0.4, 0.5) is 26.4 Å². The van der Waals surface area contributed by atoms with E-state index in [2.05, 4.69) is 20.6 Å². The van der Waals surface area contributed by atoms with Crippen molar-refractivity contribution in [1.29, 1.82) is 0 Å². The largest absolute Gasteiger partial charge is 0.390 e. The van der Waals surface area contributed by atoms with Crippen LogP contribution in [0.2, 0.25) is 0 Å². The summed E-state index contributed by atoms with van der Waals surface area (Å²) < 4.78 is 35.2. The number of imidazole rings is 1. The summed E-state index contributed by atoms with van der Waals surface area (Å²) in [5.74, 6) is -0.172. The van der Waals surface area contributed by atoms with Crippen LogP contribution in [-0.2, 0) is 4.74 Å². The molecule has 3 aromatic rings. The minimum absolute atomic E-state index is 0.0681.